The Bertz CT molecular complexity index is 712. The third kappa shape index (κ3) is 4.48. The molecule has 1 unspecified atom stereocenters. The minimum atomic E-state index is 0.119. The molecule has 6 heteroatoms. The summed E-state index contributed by atoms with van der Waals surface area (Å²) in [6.07, 6.45) is 7.30. The maximum atomic E-state index is 12.3. The number of carbonyl (C=O) groups excluding carboxylic acids is 1. The van der Waals surface area contributed by atoms with Gasteiger partial charge in [-0.05, 0) is 43.8 Å². The van der Waals surface area contributed by atoms with Crippen molar-refractivity contribution in [3.63, 3.8) is 0 Å². The Kier molecular flexibility index (Phi) is 6.74. The zero-order valence-corrected chi connectivity index (χ0v) is 16.5. The number of rotatable bonds is 9. The van der Waals surface area contributed by atoms with Crippen LogP contribution >= 0.6 is 11.8 Å². The lowest BCUT2D eigenvalue weighted by atomic mass is 10.1. The van der Waals surface area contributed by atoms with Gasteiger partial charge < -0.3 is 14.8 Å². The number of fused-ring (bicyclic) bond motifs is 1. The topological polar surface area (TPSA) is 50.2 Å². The first-order valence-electron chi connectivity index (χ1n) is 9.42. The first kappa shape index (κ1) is 19.0. The molecule has 0 spiro atoms. The minimum Gasteiger partial charge on any atom is -0.356 e. The number of carbonyl (C=O) groups is 1. The molecule has 2 aromatic rings. The third-order valence-corrected chi connectivity index (χ3v) is 6.19. The lowest BCUT2D eigenvalue weighted by molar-refractivity contribution is -0.120. The van der Waals surface area contributed by atoms with E-state index in [1.54, 1.807) is 6.20 Å². The van der Waals surface area contributed by atoms with Crippen LogP contribution in [0.15, 0.2) is 36.8 Å². The Balaban J connectivity index is 1.52. The van der Waals surface area contributed by atoms with Crippen LogP contribution in [0.3, 0.4) is 0 Å². The molecule has 0 radical (unpaired) electrons. The molecule has 1 aliphatic rings. The van der Waals surface area contributed by atoms with Gasteiger partial charge in [0.05, 0.1) is 6.42 Å². The average Bonchev–Trinajstić information content (AvgIpc) is 3.26. The molecule has 140 valence electrons. The summed E-state index contributed by atoms with van der Waals surface area (Å²) in [6.45, 7) is 8.27. The summed E-state index contributed by atoms with van der Waals surface area (Å²) in [6, 6.07) is 6.18. The second kappa shape index (κ2) is 9.24. The maximum absolute atomic E-state index is 12.3. The summed E-state index contributed by atoms with van der Waals surface area (Å²) in [7, 11) is 0. The molecule has 0 fully saturated rings. The van der Waals surface area contributed by atoms with Crippen LogP contribution in [-0.4, -0.2) is 46.5 Å². The number of pyridine rings is 1. The van der Waals surface area contributed by atoms with Crippen LogP contribution in [0.1, 0.15) is 42.5 Å². The highest BCUT2D eigenvalue weighted by Crippen LogP contribution is 2.41. The van der Waals surface area contributed by atoms with Crippen molar-refractivity contribution in [2.45, 2.75) is 37.8 Å². The lowest BCUT2D eigenvalue weighted by Gasteiger charge is -2.17. The second-order valence-electron chi connectivity index (χ2n) is 6.55. The predicted molar refractivity (Wildman–Crippen MR) is 107 cm³/mol. The lowest BCUT2D eigenvalue weighted by Crippen LogP contribution is -2.30. The number of amides is 1. The Labute approximate surface area is 160 Å². The molecule has 3 rings (SSSR count). The van der Waals surface area contributed by atoms with Crippen molar-refractivity contribution in [1.82, 2.24) is 19.8 Å². The normalized spacial score (nSPS) is 16.0. The predicted octanol–water partition coefficient (Wildman–Crippen LogP) is 3.07. The van der Waals surface area contributed by atoms with E-state index in [4.69, 9.17) is 0 Å². The summed E-state index contributed by atoms with van der Waals surface area (Å²) >= 11 is 1.89. The Morgan fingerprint density at radius 3 is 2.96 bits per heavy atom. The van der Waals surface area contributed by atoms with Crippen LogP contribution in [0.5, 0.6) is 0 Å². The van der Waals surface area contributed by atoms with E-state index in [0.29, 0.717) is 6.42 Å². The van der Waals surface area contributed by atoms with Gasteiger partial charge in [-0.2, -0.15) is 0 Å². The molecular weight excluding hydrogens is 344 g/mol. The fraction of sp³-hybridized carbons (Fsp3) is 0.500. The molecule has 26 heavy (non-hydrogen) atoms. The number of hydrogen-bond donors (Lipinski definition) is 1. The van der Waals surface area contributed by atoms with E-state index in [-0.39, 0.29) is 11.3 Å². The minimum absolute atomic E-state index is 0.119. The third-order valence-electron chi connectivity index (χ3n) is 4.94. The standard InChI is InChI=1S/C20H28N4OS/c1-3-23(4-2)11-6-10-22-19(25)13-16-8-12-24-18(16)15-26-20(24)17-7-5-9-21-14-17/h5,7-9,12,14,20H,3-4,6,10-11,13,15H2,1-2H3,(H,22,25). The Hall–Kier alpha value is -1.79. The van der Waals surface area contributed by atoms with E-state index in [9.17, 15) is 4.79 Å². The molecule has 1 amide bonds. The van der Waals surface area contributed by atoms with Crippen LogP contribution in [0, 0.1) is 0 Å². The van der Waals surface area contributed by atoms with Gasteiger partial charge in [-0.1, -0.05) is 19.9 Å². The summed E-state index contributed by atoms with van der Waals surface area (Å²) in [5.74, 6) is 1.06. The van der Waals surface area contributed by atoms with Gasteiger partial charge in [-0.3, -0.25) is 9.78 Å². The highest BCUT2D eigenvalue weighted by Gasteiger charge is 2.26. The zero-order valence-electron chi connectivity index (χ0n) is 15.6. The van der Waals surface area contributed by atoms with Gasteiger partial charge in [-0.15, -0.1) is 11.8 Å². The molecule has 3 heterocycles. The first-order chi connectivity index (χ1) is 12.7. The van der Waals surface area contributed by atoms with Crippen molar-refractivity contribution in [1.29, 1.82) is 0 Å². The zero-order chi connectivity index (χ0) is 18.4. The molecule has 0 aromatic carbocycles. The molecule has 2 aromatic heterocycles. The van der Waals surface area contributed by atoms with E-state index in [2.05, 4.69) is 51.9 Å². The van der Waals surface area contributed by atoms with Gasteiger partial charge in [0, 0.05) is 42.1 Å². The highest BCUT2D eigenvalue weighted by atomic mass is 32.2. The van der Waals surface area contributed by atoms with Crippen molar-refractivity contribution in [2.75, 3.05) is 26.2 Å². The van der Waals surface area contributed by atoms with Crippen LogP contribution in [0.4, 0.5) is 0 Å². The number of nitrogens with zero attached hydrogens (tertiary/aromatic N) is 3. The van der Waals surface area contributed by atoms with Gasteiger partial charge in [0.15, 0.2) is 0 Å². The Morgan fingerprint density at radius 2 is 2.23 bits per heavy atom. The molecular formula is C20H28N4OS. The Morgan fingerprint density at radius 1 is 1.38 bits per heavy atom. The van der Waals surface area contributed by atoms with Crippen LogP contribution in [0.25, 0.3) is 0 Å². The summed E-state index contributed by atoms with van der Waals surface area (Å²) < 4.78 is 2.28. The summed E-state index contributed by atoms with van der Waals surface area (Å²) in [5, 5.41) is 3.34. The van der Waals surface area contributed by atoms with Gasteiger partial charge in [0.2, 0.25) is 5.91 Å². The smallest absolute Gasteiger partial charge is 0.224 e. The summed E-state index contributed by atoms with van der Waals surface area (Å²) in [5.41, 5.74) is 3.62. The summed E-state index contributed by atoms with van der Waals surface area (Å²) in [4.78, 5) is 18.9. The van der Waals surface area contributed by atoms with E-state index in [1.807, 2.05) is 24.0 Å². The second-order valence-corrected chi connectivity index (χ2v) is 7.62. The quantitative estimate of drug-likeness (QED) is 0.688. The highest BCUT2D eigenvalue weighted by molar-refractivity contribution is 7.99. The molecule has 0 saturated carbocycles. The molecule has 1 N–H and O–H groups in total. The van der Waals surface area contributed by atoms with Crippen LogP contribution in [0.2, 0.25) is 0 Å². The van der Waals surface area contributed by atoms with Gasteiger partial charge in [0.25, 0.3) is 0 Å². The molecule has 1 atom stereocenters. The van der Waals surface area contributed by atoms with Crippen molar-refractivity contribution in [3.05, 3.63) is 53.6 Å². The van der Waals surface area contributed by atoms with Gasteiger partial charge in [-0.25, -0.2) is 0 Å². The van der Waals surface area contributed by atoms with Crippen molar-refractivity contribution in [2.24, 2.45) is 0 Å². The fourth-order valence-corrected chi connectivity index (χ4v) is 4.73. The van der Waals surface area contributed by atoms with Gasteiger partial charge in [0.1, 0.15) is 5.37 Å². The van der Waals surface area contributed by atoms with Gasteiger partial charge >= 0.3 is 0 Å². The van der Waals surface area contributed by atoms with E-state index >= 15 is 0 Å². The number of nitrogens with one attached hydrogen (secondary N) is 1. The molecule has 0 bridgehead atoms. The number of aromatic nitrogens is 2. The molecule has 0 saturated heterocycles. The maximum Gasteiger partial charge on any atom is 0.224 e. The average molecular weight is 373 g/mol. The first-order valence-corrected chi connectivity index (χ1v) is 10.5. The number of hydrogen-bond acceptors (Lipinski definition) is 4. The van der Waals surface area contributed by atoms with Crippen molar-refractivity contribution >= 4 is 17.7 Å². The molecule has 0 aliphatic carbocycles. The fourth-order valence-electron chi connectivity index (χ4n) is 3.39. The van der Waals surface area contributed by atoms with E-state index < -0.39 is 0 Å². The SMILES string of the molecule is CCN(CC)CCCNC(=O)Cc1ccn2c1CSC2c1cccnc1. The molecule has 1 aliphatic heterocycles. The van der Waals surface area contributed by atoms with Crippen molar-refractivity contribution in [3.8, 4) is 0 Å². The van der Waals surface area contributed by atoms with Crippen molar-refractivity contribution < 1.29 is 4.79 Å². The van der Waals surface area contributed by atoms with E-state index in [0.717, 1.165) is 43.9 Å². The van der Waals surface area contributed by atoms with E-state index in [1.165, 1.54) is 11.3 Å². The largest absolute Gasteiger partial charge is 0.356 e. The number of thioether (sulfide) groups is 1. The van der Waals surface area contributed by atoms with Crippen LogP contribution < -0.4 is 5.32 Å². The van der Waals surface area contributed by atoms with Crippen LogP contribution in [-0.2, 0) is 17.0 Å². The monoisotopic (exact) mass is 372 g/mol. The molecule has 5 nitrogen and oxygen atoms in total.